The maximum Gasteiger partial charge on any atom is 0.338 e. The van der Waals surface area contributed by atoms with Gasteiger partial charge in [0.05, 0.1) is 33.3 Å². The molecule has 1 N–H and O–H groups in total. The summed E-state index contributed by atoms with van der Waals surface area (Å²) < 4.78 is 20.0. The first-order valence-electron chi connectivity index (χ1n) is 12.5. The van der Waals surface area contributed by atoms with E-state index in [0.717, 1.165) is 23.3 Å². The van der Waals surface area contributed by atoms with Crippen LogP contribution < -0.4 is 14.8 Å². The molecule has 4 rings (SSSR count). The van der Waals surface area contributed by atoms with Crippen LogP contribution in [-0.2, 0) is 16.1 Å². The minimum Gasteiger partial charge on any atom is -0.490 e. The first kappa shape index (κ1) is 29.6. The predicted octanol–water partition coefficient (Wildman–Crippen LogP) is 7.68. The third-order valence-electron chi connectivity index (χ3n) is 5.78. The highest BCUT2D eigenvalue weighted by atomic mass is 79.9. The summed E-state index contributed by atoms with van der Waals surface area (Å²) in [4.78, 5) is 17.8. The number of fused-ring (bicyclic) bond motifs is 1. The van der Waals surface area contributed by atoms with Gasteiger partial charge < -0.3 is 19.5 Å². The molecule has 1 aromatic heterocycles. The van der Waals surface area contributed by atoms with Gasteiger partial charge in [0.25, 0.3) is 0 Å². The summed E-state index contributed by atoms with van der Waals surface area (Å²) in [7, 11) is 0. The summed E-state index contributed by atoms with van der Waals surface area (Å²) in [5, 5.41) is 9.54. The molecule has 0 radical (unpaired) electrons. The number of nitrogens with one attached hydrogen (secondary N) is 1. The highest BCUT2D eigenvalue weighted by Crippen LogP contribution is 2.43. The van der Waals surface area contributed by atoms with Crippen LogP contribution in [0.4, 0.5) is 5.95 Å². The standard InChI is InChI=1S/C27H29BrCl2N4O4S/c1-5-10-39-27-32-26-31-15(4)22(25(35)37-7-3)23(34(26)33-27)17-12-18(28)24(21(13-17)36-6-2)38-14-16-8-9-19(29)20(30)11-16/h8-9,11-13,23H,5-7,10,14H2,1-4H3,(H,31,32,33). The molecule has 0 saturated carbocycles. The smallest absolute Gasteiger partial charge is 0.338 e. The van der Waals surface area contributed by atoms with E-state index in [1.807, 2.05) is 32.0 Å². The molecular formula is C27H29BrCl2N4O4S. The summed E-state index contributed by atoms with van der Waals surface area (Å²) in [6.07, 6.45) is 0.991. The average molecular weight is 656 g/mol. The van der Waals surface area contributed by atoms with Crippen LogP contribution in [0.5, 0.6) is 11.5 Å². The fraction of sp³-hybridized carbons (Fsp3) is 0.370. The number of benzene rings is 2. The number of thioether (sulfide) groups is 1. The molecule has 0 fully saturated rings. The minimum atomic E-state index is -0.594. The fourth-order valence-corrected chi connectivity index (χ4v) is 5.68. The van der Waals surface area contributed by atoms with Gasteiger partial charge in [-0.05, 0) is 78.5 Å². The predicted molar refractivity (Wildman–Crippen MR) is 158 cm³/mol. The molecule has 12 heteroatoms. The third kappa shape index (κ3) is 6.67. The molecule has 208 valence electrons. The van der Waals surface area contributed by atoms with Crippen molar-refractivity contribution < 1.29 is 19.0 Å². The van der Waals surface area contributed by atoms with Gasteiger partial charge in [-0.1, -0.05) is 48.0 Å². The van der Waals surface area contributed by atoms with Crippen molar-refractivity contribution in [3.63, 3.8) is 0 Å². The first-order chi connectivity index (χ1) is 18.8. The van der Waals surface area contributed by atoms with Crippen molar-refractivity contribution in [1.29, 1.82) is 0 Å². The normalized spacial score (nSPS) is 14.6. The topological polar surface area (TPSA) is 87.5 Å². The Balaban J connectivity index is 1.76. The van der Waals surface area contributed by atoms with Gasteiger partial charge in [-0.3, -0.25) is 0 Å². The van der Waals surface area contributed by atoms with Crippen LogP contribution in [-0.4, -0.2) is 39.7 Å². The van der Waals surface area contributed by atoms with Crippen molar-refractivity contribution in [2.75, 3.05) is 24.3 Å². The second kappa shape index (κ2) is 13.3. The zero-order chi connectivity index (χ0) is 28.1. The Bertz CT molecular complexity index is 1400. The number of carbonyl (C=O) groups excluding carboxylic acids is 1. The molecule has 0 amide bonds. The van der Waals surface area contributed by atoms with Gasteiger partial charge in [-0.15, -0.1) is 5.10 Å². The average Bonchev–Trinajstić information content (AvgIpc) is 3.30. The largest absolute Gasteiger partial charge is 0.490 e. The molecule has 1 atom stereocenters. The SMILES string of the molecule is CCCSc1nc2n(n1)C(c1cc(Br)c(OCc3ccc(Cl)c(Cl)c3)c(OCC)c1)C(C(=O)OCC)=C(C)N2. The molecule has 2 heterocycles. The molecule has 1 aliphatic rings. The van der Waals surface area contributed by atoms with Crippen molar-refractivity contribution >= 4 is 62.8 Å². The lowest BCUT2D eigenvalue weighted by Gasteiger charge is -2.28. The summed E-state index contributed by atoms with van der Waals surface area (Å²) in [5.74, 6) is 2.06. The number of nitrogens with zero attached hydrogens (tertiary/aromatic N) is 3. The van der Waals surface area contributed by atoms with Gasteiger partial charge in [0.2, 0.25) is 11.1 Å². The number of carbonyl (C=O) groups is 1. The molecule has 0 saturated heterocycles. The van der Waals surface area contributed by atoms with Crippen LogP contribution in [0.15, 0.2) is 51.2 Å². The van der Waals surface area contributed by atoms with Gasteiger partial charge >= 0.3 is 5.97 Å². The van der Waals surface area contributed by atoms with E-state index in [0.29, 0.717) is 55.0 Å². The molecular weight excluding hydrogens is 627 g/mol. The zero-order valence-corrected chi connectivity index (χ0v) is 25.9. The number of rotatable bonds is 11. The number of hydrogen-bond donors (Lipinski definition) is 1. The van der Waals surface area contributed by atoms with Crippen molar-refractivity contribution in [1.82, 2.24) is 14.8 Å². The summed E-state index contributed by atoms with van der Waals surface area (Å²) >= 11 is 17.5. The van der Waals surface area contributed by atoms with Crippen LogP contribution in [0, 0.1) is 0 Å². The Kier molecular flexibility index (Phi) is 10.1. The van der Waals surface area contributed by atoms with Crippen molar-refractivity contribution in [3.05, 3.63) is 67.2 Å². The number of esters is 1. The number of anilines is 1. The molecule has 2 aromatic carbocycles. The van der Waals surface area contributed by atoms with Crippen LogP contribution in [0.3, 0.4) is 0 Å². The Morgan fingerprint density at radius 3 is 2.62 bits per heavy atom. The number of allylic oxidation sites excluding steroid dienone is 1. The van der Waals surface area contributed by atoms with E-state index in [1.54, 1.807) is 35.5 Å². The lowest BCUT2D eigenvalue weighted by molar-refractivity contribution is -0.139. The van der Waals surface area contributed by atoms with E-state index >= 15 is 0 Å². The highest BCUT2D eigenvalue weighted by Gasteiger charge is 2.36. The lowest BCUT2D eigenvalue weighted by Crippen LogP contribution is -2.29. The zero-order valence-electron chi connectivity index (χ0n) is 22.0. The molecule has 3 aromatic rings. The van der Waals surface area contributed by atoms with E-state index in [-0.39, 0.29) is 13.2 Å². The van der Waals surface area contributed by atoms with E-state index < -0.39 is 12.0 Å². The van der Waals surface area contributed by atoms with Crippen molar-refractivity contribution in [2.45, 2.75) is 51.9 Å². The number of hydrogen-bond acceptors (Lipinski definition) is 8. The van der Waals surface area contributed by atoms with Crippen molar-refractivity contribution in [3.8, 4) is 11.5 Å². The van der Waals surface area contributed by atoms with Crippen LogP contribution in [0.1, 0.15) is 51.3 Å². The van der Waals surface area contributed by atoms with Crippen molar-refractivity contribution in [2.24, 2.45) is 0 Å². The van der Waals surface area contributed by atoms with Crippen LogP contribution in [0.25, 0.3) is 0 Å². The third-order valence-corrected chi connectivity index (χ3v) is 8.15. The Morgan fingerprint density at radius 2 is 1.92 bits per heavy atom. The fourth-order valence-electron chi connectivity index (χ4n) is 4.10. The van der Waals surface area contributed by atoms with E-state index in [4.69, 9.17) is 42.5 Å². The number of halogens is 3. The summed E-state index contributed by atoms with van der Waals surface area (Å²) in [5.41, 5.74) is 2.71. The number of ether oxygens (including phenoxy) is 3. The maximum absolute atomic E-state index is 13.2. The van der Waals surface area contributed by atoms with Crippen LogP contribution in [0.2, 0.25) is 10.0 Å². The molecule has 1 aliphatic heterocycles. The molecule has 0 aliphatic carbocycles. The number of aromatic nitrogens is 3. The quantitative estimate of drug-likeness (QED) is 0.166. The Labute approximate surface area is 250 Å². The van der Waals surface area contributed by atoms with Crippen LogP contribution >= 0.6 is 50.9 Å². The van der Waals surface area contributed by atoms with Gasteiger partial charge in [-0.2, -0.15) is 4.98 Å². The van der Waals surface area contributed by atoms with Gasteiger partial charge in [-0.25, -0.2) is 9.48 Å². The Hall–Kier alpha value is -2.40. The monoisotopic (exact) mass is 654 g/mol. The molecule has 8 nitrogen and oxygen atoms in total. The van der Waals surface area contributed by atoms with E-state index in [1.165, 1.54) is 0 Å². The second-order valence-corrected chi connectivity index (χ2v) is 11.3. The molecule has 1 unspecified atom stereocenters. The lowest BCUT2D eigenvalue weighted by atomic mass is 9.95. The maximum atomic E-state index is 13.2. The summed E-state index contributed by atoms with van der Waals surface area (Å²) in [6.45, 7) is 8.53. The van der Waals surface area contributed by atoms with Gasteiger partial charge in [0.15, 0.2) is 11.5 Å². The molecule has 0 bridgehead atoms. The second-order valence-electron chi connectivity index (χ2n) is 8.60. The van der Waals surface area contributed by atoms with E-state index in [9.17, 15) is 4.79 Å². The minimum absolute atomic E-state index is 0.250. The molecule has 0 spiro atoms. The highest BCUT2D eigenvalue weighted by molar-refractivity contribution is 9.10. The Morgan fingerprint density at radius 1 is 1.13 bits per heavy atom. The molecule has 39 heavy (non-hydrogen) atoms. The van der Waals surface area contributed by atoms with Gasteiger partial charge in [0.1, 0.15) is 12.6 Å². The van der Waals surface area contributed by atoms with E-state index in [2.05, 4.69) is 33.2 Å². The van der Waals surface area contributed by atoms with Gasteiger partial charge in [0, 0.05) is 11.4 Å². The first-order valence-corrected chi connectivity index (χ1v) is 15.1. The summed E-state index contributed by atoms with van der Waals surface area (Å²) in [6, 6.07) is 8.52.